The summed E-state index contributed by atoms with van der Waals surface area (Å²) >= 11 is 0. The van der Waals surface area contributed by atoms with E-state index < -0.39 is 4.92 Å². The van der Waals surface area contributed by atoms with Gasteiger partial charge in [0.1, 0.15) is 11.8 Å². The Kier molecular flexibility index (Phi) is 3.67. The molecule has 20 heavy (non-hydrogen) atoms. The van der Waals surface area contributed by atoms with Crippen LogP contribution in [0.25, 0.3) is 0 Å². The second-order valence-electron chi connectivity index (χ2n) is 4.39. The lowest BCUT2D eigenvalue weighted by atomic mass is 10.1. The van der Waals surface area contributed by atoms with Crippen molar-refractivity contribution in [3.05, 3.63) is 63.7 Å². The number of aryl methyl sites for hydroxylation is 1. The number of para-hydroxylation sites is 2. The number of anilines is 2. The van der Waals surface area contributed by atoms with E-state index in [9.17, 15) is 10.1 Å². The van der Waals surface area contributed by atoms with Crippen LogP contribution in [0.3, 0.4) is 0 Å². The van der Waals surface area contributed by atoms with Crippen LogP contribution in [-0.4, -0.2) is 12.0 Å². The molecule has 2 rings (SSSR count). The SMILES string of the molecule is Cc1cccc([N+](=O)[O-])c1N(C)c1ccccc1C#N. The van der Waals surface area contributed by atoms with E-state index in [-0.39, 0.29) is 5.69 Å². The first-order valence-electron chi connectivity index (χ1n) is 6.03. The summed E-state index contributed by atoms with van der Waals surface area (Å²) in [5.74, 6) is 0. The molecule has 2 aromatic rings. The molecule has 0 spiro atoms. The molecule has 0 aromatic heterocycles. The van der Waals surface area contributed by atoms with Gasteiger partial charge in [0.05, 0.1) is 16.2 Å². The molecule has 0 amide bonds. The van der Waals surface area contributed by atoms with Crippen LogP contribution in [0.4, 0.5) is 17.1 Å². The number of nitrogens with zero attached hydrogens (tertiary/aromatic N) is 3. The number of benzene rings is 2. The molecule has 0 radical (unpaired) electrons. The molecule has 5 nitrogen and oxygen atoms in total. The zero-order valence-electron chi connectivity index (χ0n) is 11.2. The van der Waals surface area contributed by atoms with Gasteiger partial charge in [0.15, 0.2) is 0 Å². The van der Waals surface area contributed by atoms with Gasteiger partial charge in [-0.1, -0.05) is 24.3 Å². The molecule has 0 N–H and O–H groups in total. The number of nitro benzene ring substituents is 1. The third kappa shape index (κ3) is 2.31. The molecule has 0 atom stereocenters. The zero-order valence-corrected chi connectivity index (χ0v) is 11.2. The second-order valence-corrected chi connectivity index (χ2v) is 4.39. The van der Waals surface area contributed by atoms with E-state index in [2.05, 4.69) is 6.07 Å². The van der Waals surface area contributed by atoms with Crippen LogP contribution in [-0.2, 0) is 0 Å². The van der Waals surface area contributed by atoms with Gasteiger partial charge in [-0.15, -0.1) is 0 Å². The van der Waals surface area contributed by atoms with Gasteiger partial charge in [0.25, 0.3) is 5.69 Å². The Labute approximate surface area is 116 Å². The van der Waals surface area contributed by atoms with Gasteiger partial charge < -0.3 is 4.90 Å². The average Bonchev–Trinajstić information content (AvgIpc) is 2.46. The van der Waals surface area contributed by atoms with Crippen molar-refractivity contribution < 1.29 is 4.92 Å². The third-order valence-electron chi connectivity index (χ3n) is 3.13. The van der Waals surface area contributed by atoms with Gasteiger partial charge >= 0.3 is 0 Å². The van der Waals surface area contributed by atoms with Crippen LogP contribution in [0.2, 0.25) is 0 Å². The predicted molar refractivity (Wildman–Crippen MR) is 77.1 cm³/mol. The normalized spacial score (nSPS) is 9.85. The molecule has 0 unspecified atom stereocenters. The van der Waals surface area contributed by atoms with Crippen LogP contribution in [0, 0.1) is 28.4 Å². The first kappa shape index (κ1) is 13.6. The fraction of sp³-hybridized carbons (Fsp3) is 0.133. The first-order valence-corrected chi connectivity index (χ1v) is 6.03. The lowest BCUT2D eigenvalue weighted by Crippen LogP contribution is -2.14. The lowest BCUT2D eigenvalue weighted by Gasteiger charge is -2.22. The Hall–Kier alpha value is -2.87. The van der Waals surface area contributed by atoms with Crippen molar-refractivity contribution in [3.63, 3.8) is 0 Å². The Morgan fingerprint density at radius 2 is 1.90 bits per heavy atom. The monoisotopic (exact) mass is 267 g/mol. The third-order valence-corrected chi connectivity index (χ3v) is 3.13. The number of nitriles is 1. The van der Waals surface area contributed by atoms with Crippen molar-refractivity contribution >= 4 is 17.1 Å². The smallest absolute Gasteiger partial charge is 0.293 e. The number of hydrogen-bond donors (Lipinski definition) is 0. The molecular weight excluding hydrogens is 254 g/mol. The summed E-state index contributed by atoms with van der Waals surface area (Å²) in [4.78, 5) is 12.5. The van der Waals surface area contributed by atoms with Crippen molar-refractivity contribution in [2.24, 2.45) is 0 Å². The van der Waals surface area contributed by atoms with Crippen LogP contribution in [0.15, 0.2) is 42.5 Å². The van der Waals surface area contributed by atoms with Gasteiger partial charge in [-0.05, 0) is 24.6 Å². The van der Waals surface area contributed by atoms with Crippen LogP contribution in [0.5, 0.6) is 0 Å². The topological polar surface area (TPSA) is 70.2 Å². The first-order chi connectivity index (χ1) is 9.56. The Morgan fingerprint density at radius 1 is 1.20 bits per heavy atom. The number of nitro groups is 1. The largest absolute Gasteiger partial charge is 0.338 e. The Bertz CT molecular complexity index is 705. The van der Waals surface area contributed by atoms with E-state index in [0.29, 0.717) is 16.9 Å². The van der Waals surface area contributed by atoms with Crippen molar-refractivity contribution in [3.8, 4) is 6.07 Å². The second kappa shape index (κ2) is 5.41. The van der Waals surface area contributed by atoms with Crippen LogP contribution >= 0.6 is 0 Å². The van der Waals surface area contributed by atoms with Crippen molar-refractivity contribution in [2.75, 3.05) is 11.9 Å². The van der Waals surface area contributed by atoms with Crippen molar-refractivity contribution in [1.29, 1.82) is 5.26 Å². The van der Waals surface area contributed by atoms with Crippen LogP contribution < -0.4 is 4.90 Å². The predicted octanol–water partition coefficient (Wildman–Crippen LogP) is 3.54. The molecule has 2 aromatic carbocycles. The number of rotatable bonds is 3. The van der Waals surface area contributed by atoms with E-state index in [1.807, 2.05) is 13.0 Å². The maximum Gasteiger partial charge on any atom is 0.293 e. The molecule has 0 saturated heterocycles. The van der Waals surface area contributed by atoms with Crippen molar-refractivity contribution in [2.45, 2.75) is 6.92 Å². The maximum absolute atomic E-state index is 11.2. The Morgan fingerprint density at radius 3 is 2.55 bits per heavy atom. The van der Waals surface area contributed by atoms with Gasteiger partial charge in [-0.2, -0.15) is 5.26 Å². The number of hydrogen-bond acceptors (Lipinski definition) is 4. The minimum absolute atomic E-state index is 0.0280. The molecule has 0 bridgehead atoms. The molecule has 0 saturated carbocycles. The van der Waals surface area contributed by atoms with Gasteiger partial charge in [0, 0.05) is 13.1 Å². The standard InChI is InChI=1S/C15H13N3O2/c1-11-6-5-9-14(18(19)20)15(11)17(2)13-8-4-3-7-12(13)10-16/h3-9H,1-2H3. The minimum atomic E-state index is -0.409. The van der Waals surface area contributed by atoms with E-state index in [0.717, 1.165) is 5.56 Å². The molecule has 5 heteroatoms. The molecule has 100 valence electrons. The van der Waals surface area contributed by atoms with E-state index in [1.54, 1.807) is 42.3 Å². The molecule has 0 aliphatic rings. The summed E-state index contributed by atoms with van der Waals surface area (Å²) in [6.45, 7) is 1.81. The minimum Gasteiger partial charge on any atom is -0.338 e. The van der Waals surface area contributed by atoms with E-state index >= 15 is 0 Å². The Balaban J connectivity index is 2.63. The summed E-state index contributed by atoms with van der Waals surface area (Å²) in [5, 5.41) is 20.3. The lowest BCUT2D eigenvalue weighted by molar-refractivity contribution is -0.384. The van der Waals surface area contributed by atoms with Crippen LogP contribution in [0.1, 0.15) is 11.1 Å². The summed E-state index contributed by atoms with van der Waals surface area (Å²) in [6, 6.07) is 14.1. The quantitative estimate of drug-likeness (QED) is 0.630. The van der Waals surface area contributed by atoms with Gasteiger partial charge in [-0.25, -0.2) is 0 Å². The van der Waals surface area contributed by atoms with Gasteiger partial charge in [-0.3, -0.25) is 10.1 Å². The molecular formula is C15H13N3O2. The highest BCUT2D eigenvalue weighted by atomic mass is 16.6. The van der Waals surface area contributed by atoms with Crippen molar-refractivity contribution in [1.82, 2.24) is 0 Å². The van der Waals surface area contributed by atoms with E-state index in [1.165, 1.54) is 6.07 Å². The summed E-state index contributed by atoms with van der Waals surface area (Å²) < 4.78 is 0. The summed E-state index contributed by atoms with van der Waals surface area (Å²) in [6.07, 6.45) is 0. The molecule has 0 aliphatic carbocycles. The maximum atomic E-state index is 11.2. The van der Waals surface area contributed by atoms with E-state index in [4.69, 9.17) is 5.26 Å². The molecule has 0 aliphatic heterocycles. The highest BCUT2D eigenvalue weighted by molar-refractivity contribution is 5.77. The molecule has 0 heterocycles. The zero-order chi connectivity index (χ0) is 14.7. The fourth-order valence-corrected chi connectivity index (χ4v) is 2.21. The van der Waals surface area contributed by atoms with Gasteiger partial charge in [0.2, 0.25) is 0 Å². The highest BCUT2D eigenvalue weighted by Gasteiger charge is 2.21. The fourth-order valence-electron chi connectivity index (χ4n) is 2.21. The highest BCUT2D eigenvalue weighted by Crippen LogP contribution is 2.36. The molecule has 0 fully saturated rings. The summed E-state index contributed by atoms with van der Waals surface area (Å²) in [5.41, 5.74) is 2.44. The average molecular weight is 267 g/mol. The summed E-state index contributed by atoms with van der Waals surface area (Å²) in [7, 11) is 1.73.